The van der Waals surface area contributed by atoms with Crippen molar-refractivity contribution in [1.82, 2.24) is 24.4 Å². The highest BCUT2D eigenvalue weighted by molar-refractivity contribution is 7.90. The lowest BCUT2D eigenvalue weighted by atomic mass is 9.95. The molecule has 5 aromatic rings. The van der Waals surface area contributed by atoms with Gasteiger partial charge in [0, 0.05) is 5.56 Å². The topological polar surface area (TPSA) is 129 Å². The molecule has 1 amide bonds. The van der Waals surface area contributed by atoms with Crippen molar-refractivity contribution in [3.8, 4) is 5.69 Å². The highest BCUT2D eigenvalue weighted by atomic mass is 32.2. The van der Waals surface area contributed by atoms with Gasteiger partial charge in [-0.15, -0.1) is 0 Å². The standard InChI is InChI=1S/C26H23N5O5S/c32-25(29-37(34,35)23-13-7-12-21-24(23)28-36-27-21)17-14-15-22-20(16-17)26(33)31(19-10-5-2-6-11-19)30(22)18-8-3-1-4-9-18/h2,5-7,10-16,18H,1,3-4,8-9H2,(H,29,32). The van der Waals surface area contributed by atoms with Crippen molar-refractivity contribution in [2.45, 2.75) is 43.0 Å². The Balaban J connectivity index is 1.42. The van der Waals surface area contributed by atoms with Gasteiger partial charge in [0.15, 0.2) is 5.52 Å². The van der Waals surface area contributed by atoms with E-state index in [0.29, 0.717) is 10.9 Å². The smallest absolute Gasteiger partial charge is 0.274 e. The van der Waals surface area contributed by atoms with Gasteiger partial charge in [-0.1, -0.05) is 43.5 Å². The van der Waals surface area contributed by atoms with Gasteiger partial charge in [0.25, 0.3) is 21.5 Å². The molecule has 10 nitrogen and oxygen atoms in total. The zero-order chi connectivity index (χ0) is 25.6. The highest BCUT2D eigenvalue weighted by Crippen LogP contribution is 2.32. The molecule has 2 aromatic heterocycles. The van der Waals surface area contributed by atoms with E-state index in [2.05, 4.69) is 19.7 Å². The number of aromatic nitrogens is 4. The minimum Gasteiger partial charge on any atom is -0.274 e. The van der Waals surface area contributed by atoms with Gasteiger partial charge < -0.3 is 0 Å². The van der Waals surface area contributed by atoms with E-state index in [9.17, 15) is 18.0 Å². The van der Waals surface area contributed by atoms with Crippen molar-refractivity contribution in [2.24, 2.45) is 0 Å². The van der Waals surface area contributed by atoms with Crippen LogP contribution >= 0.6 is 0 Å². The molecule has 1 fully saturated rings. The third-order valence-electron chi connectivity index (χ3n) is 6.83. The third kappa shape index (κ3) is 4.01. The lowest BCUT2D eigenvalue weighted by molar-refractivity contribution is 0.0981. The summed E-state index contributed by atoms with van der Waals surface area (Å²) in [5.74, 6) is -0.855. The number of sulfonamides is 1. The average molecular weight is 518 g/mol. The molecule has 0 aliphatic heterocycles. The maximum absolute atomic E-state index is 13.7. The second kappa shape index (κ2) is 9.00. The number of rotatable bonds is 5. The Hall–Kier alpha value is -4.25. The van der Waals surface area contributed by atoms with Crippen LogP contribution in [0.1, 0.15) is 48.5 Å². The summed E-state index contributed by atoms with van der Waals surface area (Å²) in [4.78, 5) is 26.5. The fourth-order valence-electron chi connectivity index (χ4n) is 5.10. The van der Waals surface area contributed by atoms with Gasteiger partial charge in [-0.2, -0.15) is 0 Å². The van der Waals surface area contributed by atoms with Crippen LogP contribution in [0.4, 0.5) is 0 Å². The van der Waals surface area contributed by atoms with E-state index < -0.39 is 15.9 Å². The molecule has 0 bridgehead atoms. The second-order valence-corrected chi connectivity index (χ2v) is 10.8. The van der Waals surface area contributed by atoms with Gasteiger partial charge in [0.1, 0.15) is 10.4 Å². The lowest BCUT2D eigenvalue weighted by Gasteiger charge is -2.26. The minimum absolute atomic E-state index is 0.0218. The quantitative estimate of drug-likeness (QED) is 0.374. The number of amides is 1. The Morgan fingerprint density at radius 3 is 2.51 bits per heavy atom. The van der Waals surface area contributed by atoms with E-state index >= 15 is 0 Å². The molecule has 0 radical (unpaired) electrons. The Bertz CT molecular complexity index is 1800. The van der Waals surface area contributed by atoms with Crippen LogP contribution in [0.15, 0.2) is 81.0 Å². The van der Waals surface area contributed by atoms with Gasteiger partial charge in [-0.05, 0) is 65.6 Å². The van der Waals surface area contributed by atoms with E-state index in [1.54, 1.807) is 22.9 Å². The summed E-state index contributed by atoms with van der Waals surface area (Å²) < 4.78 is 36.4. The van der Waals surface area contributed by atoms with Crippen LogP contribution < -0.4 is 10.3 Å². The van der Waals surface area contributed by atoms with Gasteiger partial charge >= 0.3 is 0 Å². The van der Waals surface area contributed by atoms with Crippen molar-refractivity contribution >= 4 is 37.9 Å². The first-order valence-corrected chi connectivity index (χ1v) is 13.5. The van der Waals surface area contributed by atoms with E-state index in [-0.39, 0.29) is 33.1 Å². The first-order valence-electron chi connectivity index (χ1n) is 12.1. The zero-order valence-corrected chi connectivity index (χ0v) is 20.5. The number of carbonyl (C=O) groups excluding carboxylic acids is 1. The predicted octanol–water partition coefficient (Wildman–Crippen LogP) is 3.95. The molecule has 0 saturated heterocycles. The average Bonchev–Trinajstić information content (AvgIpc) is 3.51. The Morgan fingerprint density at radius 2 is 1.73 bits per heavy atom. The molecule has 1 aliphatic carbocycles. The van der Waals surface area contributed by atoms with Crippen molar-refractivity contribution in [3.63, 3.8) is 0 Å². The summed E-state index contributed by atoms with van der Waals surface area (Å²) in [6.07, 6.45) is 5.25. The lowest BCUT2D eigenvalue weighted by Crippen LogP contribution is -2.30. The third-order valence-corrected chi connectivity index (χ3v) is 8.19. The number of fused-ring (bicyclic) bond motifs is 2. The van der Waals surface area contributed by atoms with Crippen LogP contribution in [0.2, 0.25) is 0 Å². The van der Waals surface area contributed by atoms with Crippen LogP contribution in [-0.4, -0.2) is 34.0 Å². The molecule has 0 unspecified atom stereocenters. The number of para-hydroxylation sites is 1. The van der Waals surface area contributed by atoms with E-state index in [0.717, 1.165) is 31.4 Å². The summed E-state index contributed by atoms with van der Waals surface area (Å²) >= 11 is 0. The molecule has 11 heteroatoms. The van der Waals surface area contributed by atoms with E-state index in [1.165, 1.54) is 24.6 Å². The van der Waals surface area contributed by atoms with E-state index in [4.69, 9.17) is 0 Å². The maximum Gasteiger partial charge on any atom is 0.279 e. The summed E-state index contributed by atoms with van der Waals surface area (Å²) in [6, 6.07) is 18.6. The van der Waals surface area contributed by atoms with Gasteiger partial charge in [-0.3, -0.25) is 14.3 Å². The molecule has 1 saturated carbocycles. The monoisotopic (exact) mass is 517 g/mol. The van der Waals surface area contributed by atoms with Crippen LogP contribution in [-0.2, 0) is 10.0 Å². The molecule has 37 heavy (non-hydrogen) atoms. The van der Waals surface area contributed by atoms with Gasteiger partial charge in [0.2, 0.25) is 0 Å². The molecule has 1 N–H and O–H groups in total. The SMILES string of the molecule is O=C(NS(=O)(=O)c1cccc2nonc12)c1ccc2c(c1)c(=O)n(-c1ccccc1)n2C1CCCCC1. The zero-order valence-electron chi connectivity index (χ0n) is 19.7. The van der Waals surface area contributed by atoms with Crippen molar-refractivity contribution in [3.05, 3.63) is 82.6 Å². The number of carbonyl (C=O) groups is 1. The van der Waals surface area contributed by atoms with Crippen LogP contribution in [0, 0.1) is 0 Å². The number of hydrogen-bond acceptors (Lipinski definition) is 7. The molecular weight excluding hydrogens is 494 g/mol. The molecule has 0 atom stereocenters. The molecule has 188 valence electrons. The van der Waals surface area contributed by atoms with Crippen LogP contribution in [0.3, 0.4) is 0 Å². The van der Waals surface area contributed by atoms with Gasteiger partial charge in [0.05, 0.1) is 22.6 Å². The van der Waals surface area contributed by atoms with Crippen molar-refractivity contribution < 1.29 is 17.8 Å². The Kier molecular flexibility index (Phi) is 5.64. The number of nitrogens with zero attached hydrogens (tertiary/aromatic N) is 4. The fraction of sp³-hybridized carbons (Fsp3) is 0.231. The predicted molar refractivity (Wildman–Crippen MR) is 136 cm³/mol. The summed E-state index contributed by atoms with van der Waals surface area (Å²) in [6.45, 7) is 0. The van der Waals surface area contributed by atoms with E-state index in [1.807, 2.05) is 35.0 Å². The highest BCUT2D eigenvalue weighted by Gasteiger charge is 2.26. The number of hydrogen-bond donors (Lipinski definition) is 1. The maximum atomic E-state index is 13.7. The number of nitrogens with one attached hydrogen (secondary N) is 1. The normalized spacial score (nSPS) is 14.8. The minimum atomic E-state index is -4.28. The Morgan fingerprint density at radius 1 is 0.946 bits per heavy atom. The summed E-state index contributed by atoms with van der Waals surface area (Å²) in [7, 11) is -4.28. The van der Waals surface area contributed by atoms with Crippen LogP contribution in [0.25, 0.3) is 27.6 Å². The molecule has 6 rings (SSSR count). The number of benzene rings is 3. The first-order chi connectivity index (χ1) is 17.9. The van der Waals surface area contributed by atoms with Gasteiger partial charge in [-0.25, -0.2) is 22.5 Å². The van der Waals surface area contributed by atoms with Crippen molar-refractivity contribution in [1.29, 1.82) is 0 Å². The van der Waals surface area contributed by atoms with Crippen molar-refractivity contribution in [2.75, 3.05) is 0 Å². The largest absolute Gasteiger partial charge is 0.279 e. The molecule has 2 heterocycles. The molecule has 1 aliphatic rings. The second-order valence-electron chi connectivity index (χ2n) is 9.14. The van der Waals surface area contributed by atoms with Crippen LogP contribution in [0.5, 0.6) is 0 Å². The Labute approximate surface area is 211 Å². The summed E-state index contributed by atoms with van der Waals surface area (Å²) in [5.41, 5.74) is 1.51. The molecular formula is C26H23N5O5S. The molecule has 0 spiro atoms. The first kappa shape index (κ1) is 23.2. The fourth-order valence-corrected chi connectivity index (χ4v) is 6.22. The summed E-state index contributed by atoms with van der Waals surface area (Å²) in [5, 5.41) is 7.63. The molecule has 3 aromatic carbocycles.